The van der Waals surface area contributed by atoms with Gasteiger partial charge in [0.05, 0.1) is 24.4 Å². The summed E-state index contributed by atoms with van der Waals surface area (Å²) in [7, 11) is -3.66. The van der Waals surface area contributed by atoms with Crippen LogP contribution >= 0.6 is 0 Å². The van der Waals surface area contributed by atoms with Crippen molar-refractivity contribution in [2.75, 3.05) is 39.4 Å². The van der Waals surface area contributed by atoms with Gasteiger partial charge in [-0.25, -0.2) is 8.42 Å². The molecule has 2 aliphatic heterocycles. The third-order valence-electron chi connectivity index (χ3n) is 5.11. The molecule has 0 aliphatic carbocycles. The topological polar surface area (TPSA) is 89.3 Å². The molecule has 0 unspecified atom stereocenters. The van der Waals surface area contributed by atoms with Crippen LogP contribution in [0, 0.1) is 0 Å². The maximum Gasteiger partial charge on any atom is 0.243 e. The van der Waals surface area contributed by atoms with Gasteiger partial charge in [0, 0.05) is 51.5 Å². The lowest BCUT2D eigenvalue weighted by atomic mass is 10.2. The molecule has 29 heavy (non-hydrogen) atoms. The molecule has 1 saturated heterocycles. The molecule has 156 valence electrons. The molecule has 1 aromatic heterocycles. The van der Waals surface area contributed by atoms with E-state index >= 15 is 0 Å². The van der Waals surface area contributed by atoms with Crippen LogP contribution in [0.25, 0.3) is 0 Å². The molecule has 2 aliphatic rings. The Kier molecular flexibility index (Phi) is 5.77. The predicted molar refractivity (Wildman–Crippen MR) is 104 cm³/mol. The van der Waals surface area contributed by atoms with E-state index in [1.807, 2.05) is 6.07 Å². The first-order chi connectivity index (χ1) is 14.0. The van der Waals surface area contributed by atoms with E-state index in [4.69, 9.17) is 13.9 Å². The molecular weight excluding hydrogens is 396 g/mol. The summed E-state index contributed by atoms with van der Waals surface area (Å²) >= 11 is 0. The van der Waals surface area contributed by atoms with Crippen LogP contribution in [0.4, 0.5) is 0 Å². The van der Waals surface area contributed by atoms with Crippen molar-refractivity contribution in [3.8, 4) is 11.5 Å². The van der Waals surface area contributed by atoms with E-state index in [0.29, 0.717) is 50.6 Å². The molecule has 3 heterocycles. The first-order valence-electron chi connectivity index (χ1n) is 9.74. The Balaban J connectivity index is 1.37. The number of nitrogens with zero attached hydrogens (tertiary/aromatic N) is 2. The molecule has 1 aromatic carbocycles. The molecule has 1 fully saturated rings. The highest BCUT2D eigenvalue weighted by Gasteiger charge is 2.31. The number of hydrogen-bond donors (Lipinski definition) is 0. The maximum absolute atomic E-state index is 13.0. The van der Waals surface area contributed by atoms with E-state index in [0.717, 1.165) is 12.2 Å². The third kappa shape index (κ3) is 4.40. The van der Waals surface area contributed by atoms with Crippen LogP contribution in [0.1, 0.15) is 18.6 Å². The van der Waals surface area contributed by atoms with Gasteiger partial charge in [-0.2, -0.15) is 4.31 Å². The number of piperazine rings is 1. The molecule has 0 atom stereocenters. The summed E-state index contributed by atoms with van der Waals surface area (Å²) in [4.78, 5) is 14.3. The van der Waals surface area contributed by atoms with Crippen molar-refractivity contribution in [1.82, 2.24) is 9.21 Å². The fraction of sp³-hybridized carbons (Fsp3) is 0.450. The van der Waals surface area contributed by atoms with E-state index in [1.54, 1.807) is 29.4 Å². The minimum atomic E-state index is -3.66. The van der Waals surface area contributed by atoms with Crippen molar-refractivity contribution >= 4 is 15.9 Å². The lowest BCUT2D eigenvalue weighted by molar-refractivity contribution is -0.132. The lowest BCUT2D eigenvalue weighted by Gasteiger charge is -2.34. The van der Waals surface area contributed by atoms with E-state index in [9.17, 15) is 13.2 Å². The number of amides is 1. The minimum absolute atomic E-state index is 0.00836. The van der Waals surface area contributed by atoms with Crippen molar-refractivity contribution in [2.24, 2.45) is 0 Å². The zero-order valence-corrected chi connectivity index (χ0v) is 16.9. The van der Waals surface area contributed by atoms with Gasteiger partial charge < -0.3 is 18.8 Å². The number of sulfonamides is 1. The highest BCUT2D eigenvalue weighted by atomic mass is 32.2. The summed E-state index contributed by atoms with van der Waals surface area (Å²) in [6, 6.07) is 8.35. The minimum Gasteiger partial charge on any atom is -0.490 e. The largest absolute Gasteiger partial charge is 0.490 e. The van der Waals surface area contributed by atoms with Crippen LogP contribution in [0.3, 0.4) is 0 Å². The van der Waals surface area contributed by atoms with Gasteiger partial charge in [-0.15, -0.1) is 0 Å². The summed E-state index contributed by atoms with van der Waals surface area (Å²) in [6.45, 7) is 2.33. The van der Waals surface area contributed by atoms with Crippen LogP contribution < -0.4 is 9.47 Å². The quantitative estimate of drug-likeness (QED) is 0.734. The summed E-state index contributed by atoms with van der Waals surface area (Å²) < 4.78 is 43.9. The van der Waals surface area contributed by atoms with Crippen molar-refractivity contribution < 1.29 is 27.1 Å². The first-order valence-corrected chi connectivity index (χ1v) is 11.2. The Hall–Kier alpha value is -2.52. The van der Waals surface area contributed by atoms with Gasteiger partial charge in [-0.05, 0) is 24.3 Å². The molecule has 0 N–H and O–H groups in total. The smallest absolute Gasteiger partial charge is 0.243 e. The number of fused-ring (bicyclic) bond motifs is 1. The molecule has 0 radical (unpaired) electrons. The number of furan rings is 1. The fourth-order valence-electron chi connectivity index (χ4n) is 3.47. The second kappa shape index (κ2) is 8.46. The van der Waals surface area contributed by atoms with E-state index in [2.05, 4.69) is 0 Å². The molecule has 1 amide bonds. The van der Waals surface area contributed by atoms with Crippen molar-refractivity contribution in [2.45, 2.75) is 24.2 Å². The van der Waals surface area contributed by atoms with Crippen LogP contribution in [0.15, 0.2) is 45.9 Å². The fourth-order valence-corrected chi connectivity index (χ4v) is 4.91. The van der Waals surface area contributed by atoms with Gasteiger partial charge in [0.1, 0.15) is 5.76 Å². The molecule has 9 heteroatoms. The molecule has 2 aromatic rings. The summed E-state index contributed by atoms with van der Waals surface area (Å²) in [5, 5.41) is 0. The van der Waals surface area contributed by atoms with Gasteiger partial charge in [-0.3, -0.25) is 4.79 Å². The Labute approximate surface area is 170 Å². The van der Waals surface area contributed by atoms with Crippen LogP contribution in [-0.4, -0.2) is 62.9 Å². The second-order valence-electron chi connectivity index (χ2n) is 7.02. The number of ether oxygens (including phenoxy) is 2. The summed E-state index contributed by atoms with van der Waals surface area (Å²) in [5.41, 5.74) is 0. The monoisotopic (exact) mass is 420 g/mol. The maximum atomic E-state index is 13.0. The van der Waals surface area contributed by atoms with Crippen LogP contribution in [0.2, 0.25) is 0 Å². The Morgan fingerprint density at radius 3 is 2.48 bits per heavy atom. The molecule has 0 bridgehead atoms. The van der Waals surface area contributed by atoms with Crippen LogP contribution in [0.5, 0.6) is 11.5 Å². The van der Waals surface area contributed by atoms with Crippen LogP contribution in [-0.2, 0) is 21.2 Å². The molecule has 4 rings (SSSR count). The predicted octanol–water partition coefficient (Wildman–Crippen LogP) is 1.91. The Bertz CT molecular complexity index is 949. The van der Waals surface area contributed by atoms with E-state index in [-0.39, 0.29) is 23.9 Å². The third-order valence-corrected chi connectivity index (χ3v) is 7.01. The van der Waals surface area contributed by atoms with Crippen molar-refractivity contribution in [3.63, 3.8) is 0 Å². The number of carbonyl (C=O) groups excluding carboxylic acids is 1. The average molecular weight is 420 g/mol. The number of carbonyl (C=O) groups is 1. The van der Waals surface area contributed by atoms with Gasteiger partial charge in [0.15, 0.2) is 11.5 Å². The normalized spacial score (nSPS) is 17.7. The van der Waals surface area contributed by atoms with Gasteiger partial charge >= 0.3 is 0 Å². The number of aryl methyl sites for hydroxylation is 1. The number of benzene rings is 1. The standard InChI is InChI=1S/C20H24N2O6S/c23-20(7-4-16-3-1-12-26-16)21-8-10-22(11-9-21)29(24,25)17-5-6-18-19(15-17)28-14-2-13-27-18/h1,3,5-6,12,15H,2,4,7-11,13-14H2. The molecule has 8 nitrogen and oxygen atoms in total. The van der Waals surface area contributed by atoms with Gasteiger partial charge in [0.2, 0.25) is 15.9 Å². The molecular formula is C20H24N2O6S. The number of rotatable bonds is 5. The Morgan fingerprint density at radius 2 is 1.76 bits per heavy atom. The Morgan fingerprint density at radius 1 is 1.00 bits per heavy atom. The van der Waals surface area contributed by atoms with Gasteiger partial charge in [0.25, 0.3) is 0 Å². The molecule has 0 saturated carbocycles. The number of hydrogen-bond acceptors (Lipinski definition) is 6. The van der Waals surface area contributed by atoms with Crippen molar-refractivity contribution in [1.29, 1.82) is 0 Å². The average Bonchev–Trinajstić information content (AvgIpc) is 3.15. The first kappa shape index (κ1) is 19.8. The lowest BCUT2D eigenvalue weighted by Crippen LogP contribution is -2.50. The SMILES string of the molecule is O=C(CCc1ccco1)N1CCN(S(=O)(=O)c2ccc3c(c2)OCCCO3)CC1. The highest BCUT2D eigenvalue weighted by molar-refractivity contribution is 7.89. The van der Waals surface area contributed by atoms with Crippen molar-refractivity contribution in [3.05, 3.63) is 42.4 Å². The highest BCUT2D eigenvalue weighted by Crippen LogP contribution is 2.33. The molecule has 0 spiro atoms. The summed E-state index contributed by atoms with van der Waals surface area (Å²) in [5.74, 6) is 1.80. The zero-order chi connectivity index (χ0) is 20.3. The van der Waals surface area contributed by atoms with Gasteiger partial charge in [-0.1, -0.05) is 0 Å². The second-order valence-corrected chi connectivity index (χ2v) is 8.96. The van der Waals surface area contributed by atoms with E-state index in [1.165, 1.54) is 10.4 Å². The van der Waals surface area contributed by atoms with E-state index < -0.39 is 10.0 Å². The zero-order valence-electron chi connectivity index (χ0n) is 16.1. The summed E-state index contributed by atoms with van der Waals surface area (Å²) in [6.07, 6.45) is 3.24.